The van der Waals surface area contributed by atoms with E-state index in [1.54, 1.807) is 27.7 Å². The average Bonchev–Trinajstić information content (AvgIpc) is 2.44. The van der Waals surface area contributed by atoms with E-state index in [1.165, 1.54) is 31.4 Å². The maximum Gasteiger partial charge on any atom is 0.358 e. The summed E-state index contributed by atoms with van der Waals surface area (Å²) in [4.78, 5) is -0.0704. The Morgan fingerprint density at radius 2 is 1.48 bits per heavy atom. The van der Waals surface area contributed by atoms with Crippen LogP contribution in [-0.2, 0) is 27.9 Å². The van der Waals surface area contributed by atoms with E-state index in [4.69, 9.17) is 18.0 Å². The quantitative estimate of drug-likeness (QED) is 0.489. The second-order valence-corrected chi connectivity index (χ2v) is 8.81. The van der Waals surface area contributed by atoms with Crippen LogP contribution in [0.3, 0.4) is 0 Å². The maximum atomic E-state index is 12.6. The minimum atomic E-state index is -4.08. The van der Waals surface area contributed by atoms with Crippen molar-refractivity contribution in [3.63, 3.8) is 0 Å². The number of hydrogen-bond acceptors (Lipinski definition) is 7. The monoisotopic (exact) mass is 366 g/mol. The Labute approximate surface area is 137 Å². The summed E-state index contributed by atoms with van der Waals surface area (Å²) in [6, 6.07) is 5.66. The lowest BCUT2D eigenvalue weighted by atomic mass is 10.3. The predicted octanol–water partition coefficient (Wildman–Crippen LogP) is 3.40. The summed E-state index contributed by atoms with van der Waals surface area (Å²) in [5, 5.41) is 0. The highest BCUT2D eigenvalue weighted by Gasteiger charge is 2.31. The fourth-order valence-corrected chi connectivity index (χ4v) is 4.81. The van der Waals surface area contributed by atoms with E-state index >= 15 is 0 Å². The van der Waals surface area contributed by atoms with Gasteiger partial charge in [-0.1, -0.05) is 0 Å². The fraction of sp³-hybridized carbons (Fsp3) is 0.571. The highest BCUT2D eigenvalue weighted by atomic mass is 32.2. The molecule has 23 heavy (non-hydrogen) atoms. The molecule has 132 valence electrons. The number of rotatable bonds is 9. The lowest BCUT2D eigenvalue weighted by molar-refractivity contribution is 0.129. The number of ether oxygens (including phenoxy) is 1. The highest BCUT2D eigenvalue weighted by molar-refractivity contribution is 7.87. The second-order valence-electron chi connectivity index (χ2n) is 5.30. The second kappa shape index (κ2) is 8.26. The van der Waals surface area contributed by atoms with E-state index in [0.717, 1.165) is 0 Å². The van der Waals surface area contributed by atoms with E-state index in [9.17, 15) is 13.0 Å². The van der Waals surface area contributed by atoms with E-state index in [2.05, 4.69) is 0 Å². The summed E-state index contributed by atoms with van der Waals surface area (Å²) >= 11 is 0. The molecule has 0 radical (unpaired) electrons. The van der Waals surface area contributed by atoms with Crippen molar-refractivity contribution in [2.75, 3.05) is 13.5 Å². The Hall–Kier alpha value is -0.920. The first-order valence-corrected chi connectivity index (χ1v) is 10.2. The number of benzene rings is 1. The molecular weight excluding hydrogens is 343 g/mol. The fourth-order valence-electron chi connectivity index (χ4n) is 1.67. The summed E-state index contributed by atoms with van der Waals surface area (Å²) in [7, 11) is -6.29. The third-order valence-electron chi connectivity index (χ3n) is 2.46. The third kappa shape index (κ3) is 6.61. The Morgan fingerprint density at radius 3 is 1.87 bits per heavy atom. The molecule has 0 heterocycles. The van der Waals surface area contributed by atoms with Crippen molar-refractivity contribution in [3.05, 3.63) is 24.3 Å². The zero-order valence-electron chi connectivity index (χ0n) is 13.9. The van der Waals surface area contributed by atoms with Crippen LogP contribution < -0.4 is 4.74 Å². The summed E-state index contributed by atoms with van der Waals surface area (Å²) in [5.41, 5.74) is 0. The molecule has 0 unspecified atom stereocenters. The zero-order valence-corrected chi connectivity index (χ0v) is 15.6. The van der Waals surface area contributed by atoms with E-state index in [-0.39, 0.29) is 4.90 Å². The molecule has 1 aromatic carbocycles. The molecule has 0 saturated carbocycles. The van der Waals surface area contributed by atoms with Crippen molar-refractivity contribution < 1.29 is 31.0 Å². The molecule has 9 heteroatoms. The molecule has 0 saturated heterocycles. The van der Waals surface area contributed by atoms with Gasteiger partial charge in [-0.2, -0.15) is 8.42 Å². The van der Waals surface area contributed by atoms with Gasteiger partial charge in [0.2, 0.25) is 0 Å². The van der Waals surface area contributed by atoms with E-state index in [0.29, 0.717) is 5.75 Å². The van der Waals surface area contributed by atoms with Crippen LogP contribution >= 0.6 is 7.60 Å². The minimum Gasteiger partial charge on any atom is -0.497 e. The van der Waals surface area contributed by atoms with Crippen molar-refractivity contribution >= 4 is 17.7 Å². The topological polar surface area (TPSA) is 88.1 Å². The van der Waals surface area contributed by atoms with Crippen LogP contribution in [0.1, 0.15) is 27.7 Å². The predicted molar refractivity (Wildman–Crippen MR) is 86.2 cm³/mol. The molecule has 1 aromatic rings. The minimum absolute atomic E-state index is 0.0704. The Morgan fingerprint density at radius 1 is 1.00 bits per heavy atom. The van der Waals surface area contributed by atoms with Crippen LogP contribution in [0.15, 0.2) is 29.2 Å². The molecule has 0 aliphatic heterocycles. The van der Waals surface area contributed by atoms with Gasteiger partial charge < -0.3 is 13.8 Å². The van der Waals surface area contributed by atoms with Gasteiger partial charge in [0, 0.05) is 0 Å². The van der Waals surface area contributed by atoms with Gasteiger partial charge in [0.25, 0.3) is 10.1 Å². The largest absolute Gasteiger partial charge is 0.497 e. The van der Waals surface area contributed by atoms with Gasteiger partial charge in [-0.3, -0.25) is 8.75 Å². The molecule has 0 bridgehead atoms. The van der Waals surface area contributed by atoms with Gasteiger partial charge in [0.15, 0.2) is 6.35 Å². The number of hydrogen-bond donors (Lipinski definition) is 0. The first-order chi connectivity index (χ1) is 10.6. The molecule has 0 aliphatic carbocycles. The van der Waals surface area contributed by atoms with Gasteiger partial charge in [-0.15, -0.1) is 0 Å². The van der Waals surface area contributed by atoms with Crippen molar-refractivity contribution in [1.82, 2.24) is 0 Å². The van der Waals surface area contributed by atoms with Crippen LogP contribution in [0.25, 0.3) is 0 Å². The van der Waals surface area contributed by atoms with E-state index in [1.807, 2.05) is 0 Å². The first kappa shape index (κ1) is 20.1. The van der Waals surface area contributed by atoms with Gasteiger partial charge in [-0.25, -0.2) is 0 Å². The summed E-state index contributed by atoms with van der Waals surface area (Å²) in [5.74, 6) is 0.515. The lowest BCUT2D eigenvalue weighted by Gasteiger charge is -2.22. The molecule has 0 aromatic heterocycles. The molecule has 0 spiro atoms. The summed E-state index contributed by atoms with van der Waals surface area (Å²) in [6.07, 6.45) is -1.48. The Kier molecular flexibility index (Phi) is 7.23. The van der Waals surface area contributed by atoms with Crippen LogP contribution in [0.4, 0.5) is 0 Å². The summed E-state index contributed by atoms with van der Waals surface area (Å²) < 4.78 is 57.2. The maximum absolute atomic E-state index is 12.6. The van der Waals surface area contributed by atoms with Gasteiger partial charge in [0.05, 0.1) is 24.2 Å². The van der Waals surface area contributed by atoms with Crippen LogP contribution in [0, 0.1) is 0 Å². The molecule has 0 atom stereocenters. The smallest absolute Gasteiger partial charge is 0.358 e. The molecule has 0 N–H and O–H groups in total. The zero-order chi connectivity index (χ0) is 17.7. The first-order valence-electron chi connectivity index (χ1n) is 7.07. The van der Waals surface area contributed by atoms with Gasteiger partial charge in [-0.05, 0) is 52.0 Å². The average molecular weight is 366 g/mol. The lowest BCUT2D eigenvalue weighted by Crippen LogP contribution is -2.14. The summed E-state index contributed by atoms with van der Waals surface area (Å²) in [6.45, 7) is 6.70. The van der Waals surface area contributed by atoms with E-state index < -0.39 is 36.3 Å². The Bertz CT molecular complexity index is 624. The van der Waals surface area contributed by atoms with Crippen LogP contribution in [-0.4, -0.2) is 34.1 Å². The number of methoxy groups -OCH3 is 1. The van der Waals surface area contributed by atoms with Crippen molar-refractivity contribution in [3.8, 4) is 5.75 Å². The van der Waals surface area contributed by atoms with Crippen molar-refractivity contribution in [1.29, 1.82) is 0 Å². The SMILES string of the molecule is COc1ccc(S(=O)(=O)OCP(=O)(OC(C)C)OC(C)C)cc1. The van der Waals surface area contributed by atoms with Crippen LogP contribution in [0.2, 0.25) is 0 Å². The van der Waals surface area contributed by atoms with Gasteiger partial charge in [0.1, 0.15) is 5.75 Å². The van der Waals surface area contributed by atoms with Crippen LogP contribution in [0.5, 0.6) is 5.75 Å². The van der Waals surface area contributed by atoms with Gasteiger partial charge >= 0.3 is 7.60 Å². The molecule has 7 nitrogen and oxygen atoms in total. The molecule has 0 fully saturated rings. The van der Waals surface area contributed by atoms with Crippen molar-refractivity contribution in [2.45, 2.75) is 44.8 Å². The molecule has 1 rings (SSSR count). The van der Waals surface area contributed by atoms with Crippen molar-refractivity contribution in [2.24, 2.45) is 0 Å². The molecular formula is C14H23O7PS. The Balaban J connectivity index is 2.87. The highest BCUT2D eigenvalue weighted by Crippen LogP contribution is 2.50. The molecule has 0 aliphatic rings. The third-order valence-corrected chi connectivity index (χ3v) is 5.84. The standard InChI is InChI=1S/C14H23O7PS/c1-11(2)20-22(15,21-12(3)4)10-19-23(16,17)14-8-6-13(18-5)7-9-14/h6-9,11-12H,10H2,1-5H3. The normalized spacial score (nSPS) is 12.8. The molecule has 0 amide bonds.